The minimum atomic E-state index is -0.586. The lowest BCUT2D eigenvalue weighted by atomic mass is 9.83. The molecule has 19 heavy (non-hydrogen) atoms. The van der Waals surface area contributed by atoms with Crippen molar-refractivity contribution in [3.05, 3.63) is 24.0 Å². The van der Waals surface area contributed by atoms with Crippen molar-refractivity contribution in [2.75, 3.05) is 7.11 Å². The molecule has 1 aliphatic rings. The van der Waals surface area contributed by atoms with Crippen molar-refractivity contribution in [3.63, 3.8) is 0 Å². The Kier molecular flexibility index (Phi) is 4.08. The molecule has 5 heteroatoms. The van der Waals surface area contributed by atoms with Gasteiger partial charge < -0.3 is 9.47 Å². The third-order valence-corrected chi connectivity index (χ3v) is 2.62. The number of allylic oxidation sites excluding steroid dienone is 1. The Bertz CT molecular complexity index is 441. The number of carbonyl (C=O) groups excluding carboxylic acids is 2. The molecule has 0 aliphatic carbocycles. The quantitative estimate of drug-likeness (QED) is 0.685. The van der Waals surface area contributed by atoms with Crippen LogP contribution in [-0.4, -0.2) is 29.7 Å². The van der Waals surface area contributed by atoms with Crippen LogP contribution >= 0.6 is 0 Å². The smallest absolute Gasteiger partial charge is 0.418 e. The van der Waals surface area contributed by atoms with E-state index in [1.54, 1.807) is 33.0 Å². The summed E-state index contributed by atoms with van der Waals surface area (Å²) in [5.74, 6) is -0.456. The standard InChI is InChI=1S/C14H21NO4/c1-13(2,3)19-12(17)15-8-7-14(4,5)10(9-15)11(16)18-6/h7-9H,1-6H3. The Labute approximate surface area is 113 Å². The molecule has 0 saturated heterocycles. The van der Waals surface area contributed by atoms with E-state index in [4.69, 9.17) is 9.47 Å². The average Bonchev–Trinajstić information content (AvgIpc) is 2.25. The van der Waals surface area contributed by atoms with E-state index in [0.717, 1.165) is 0 Å². The van der Waals surface area contributed by atoms with Gasteiger partial charge in [-0.25, -0.2) is 9.59 Å². The molecule has 0 unspecified atom stereocenters. The summed E-state index contributed by atoms with van der Waals surface area (Å²) in [5.41, 5.74) is -0.661. The molecular formula is C14H21NO4. The van der Waals surface area contributed by atoms with Crippen LogP contribution in [0.4, 0.5) is 4.79 Å². The Morgan fingerprint density at radius 2 is 1.84 bits per heavy atom. The molecule has 0 atom stereocenters. The van der Waals surface area contributed by atoms with Crippen molar-refractivity contribution >= 4 is 12.1 Å². The van der Waals surface area contributed by atoms with Gasteiger partial charge in [-0.05, 0) is 20.8 Å². The predicted octanol–water partition coefficient (Wildman–Crippen LogP) is 2.83. The fourth-order valence-corrected chi connectivity index (χ4v) is 1.56. The van der Waals surface area contributed by atoms with Crippen molar-refractivity contribution in [2.45, 2.75) is 40.2 Å². The number of methoxy groups -OCH3 is 1. The molecule has 1 heterocycles. The molecule has 106 valence electrons. The lowest BCUT2D eigenvalue weighted by Crippen LogP contribution is -2.35. The Morgan fingerprint density at radius 3 is 2.32 bits per heavy atom. The first-order valence-electron chi connectivity index (χ1n) is 6.08. The highest BCUT2D eigenvalue weighted by atomic mass is 16.6. The van der Waals surface area contributed by atoms with E-state index >= 15 is 0 Å². The SMILES string of the molecule is COC(=O)C1=CN(C(=O)OC(C)(C)C)C=CC1(C)C. The highest BCUT2D eigenvalue weighted by Crippen LogP contribution is 2.33. The van der Waals surface area contributed by atoms with Gasteiger partial charge in [-0.3, -0.25) is 4.90 Å². The van der Waals surface area contributed by atoms with Gasteiger partial charge in [0.05, 0.1) is 12.7 Å². The normalized spacial score (nSPS) is 17.8. The van der Waals surface area contributed by atoms with E-state index in [1.807, 2.05) is 13.8 Å². The molecule has 1 amide bonds. The maximum absolute atomic E-state index is 11.9. The largest absolute Gasteiger partial charge is 0.466 e. The highest BCUT2D eigenvalue weighted by Gasteiger charge is 2.32. The maximum atomic E-state index is 11.9. The van der Waals surface area contributed by atoms with E-state index in [0.29, 0.717) is 5.57 Å². The zero-order chi connectivity index (χ0) is 14.8. The number of nitrogens with zero attached hydrogens (tertiary/aromatic N) is 1. The second-order valence-corrected chi connectivity index (χ2v) is 5.96. The molecule has 0 aromatic heterocycles. The number of ether oxygens (including phenoxy) is 2. The zero-order valence-corrected chi connectivity index (χ0v) is 12.3. The Balaban J connectivity index is 2.98. The van der Waals surface area contributed by atoms with E-state index in [1.165, 1.54) is 18.2 Å². The first-order valence-corrected chi connectivity index (χ1v) is 6.08. The number of rotatable bonds is 1. The zero-order valence-electron chi connectivity index (χ0n) is 12.3. The average molecular weight is 267 g/mol. The second-order valence-electron chi connectivity index (χ2n) is 5.96. The van der Waals surface area contributed by atoms with Crippen molar-refractivity contribution in [2.24, 2.45) is 5.41 Å². The molecule has 0 radical (unpaired) electrons. The lowest BCUT2D eigenvalue weighted by Gasteiger charge is -2.30. The van der Waals surface area contributed by atoms with Crippen LogP contribution in [0.2, 0.25) is 0 Å². The maximum Gasteiger partial charge on any atom is 0.418 e. The Hall–Kier alpha value is -1.78. The predicted molar refractivity (Wildman–Crippen MR) is 71.1 cm³/mol. The van der Waals surface area contributed by atoms with Gasteiger partial charge in [-0.2, -0.15) is 0 Å². The van der Waals surface area contributed by atoms with E-state index in [2.05, 4.69) is 0 Å². The molecule has 0 saturated carbocycles. The Morgan fingerprint density at radius 1 is 1.26 bits per heavy atom. The van der Waals surface area contributed by atoms with Gasteiger partial charge in [-0.15, -0.1) is 0 Å². The van der Waals surface area contributed by atoms with Crippen LogP contribution in [0.15, 0.2) is 24.0 Å². The van der Waals surface area contributed by atoms with Gasteiger partial charge in [-0.1, -0.05) is 19.9 Å². The summed E-state index contributed by atoms with van der Waals surface area (Å²) >= 11 is 0. The van der Waals surface area contributed by atoms with Crippen molar-refractivity contribution in [3.8, 4) is 0 Å². The van der Waals surface area contributed by atoms with E-state index < -0.39 is 23.1 Å². The van der Waals surface area contributed by atoms with Gasteiger partial charge in [0, 0.05) is 17.8 Å². The summed E-state index contributed by atoms with van der Waals surface area (Å²) in [4.78, 5) is 24.9. The third kappa shape index (κ3) is 3.84. The molecule has 1 aliphatic heterocycles. The molecular weight excluding hydrogens is 246 g/mol. The van der Waals surface area contributed by atoms with Crippen LogP contribution in [0.1, 0.15) is 34.6 Å². The second kappa shape index (κ2) is 5.07. The number of hydrogen-bond donors (Lipinski definition) is 0. The summed E-state index contributed by atoms with van der Waals surface area (Å²) < 4.78 is 9.98. The molecule has 1 rings (SSSR count). The van der Waals surface area contributed by atoms with Crippen LogP contribution in [0.3, 0.4) is 0 Å². The molecule has 0 aromatic rings. The minimum Gasteiger partial charge on any atom is -0.466 e. The van der Waals surface area contributed by atoms with Crippen molar-refractivity contribution in [1.29, 1.82) is 0 Å². The summed E-state index contributed by atoms with van der Waals surface area (Å²) in [6, 6.07) is 0. The fourth-order valence-electron chi connectivity index (χ4n) is 1.56. The topological polar surface area (TPSA) is 55.8 Å². The third-order valence-electron chi connectivity index (χ3n) is 2.62. The molecule has 0 aromatic carbocycles. The molecule has 0 spiro atoms. The molecule has 0 N–H and O–H groups in total. The summed E-state index contributed by atoms with van der Waals surface area (Å²) in [6.45, 7) is 9.10. The fraction of sp³-hybridized carbons (Fsp3) is 0.571. The number of hydrogen-bond acceptors (Lipinski definition) is 4. The van der Waals surface area contributed by atoms with Crippen LogP contribution in [0.25, 0.3) is 0 Å². The van der Waals surface area contributed by atoms with Gasteiger partial charge in [0.2, 0.25) is 0 Å². The highest BCUT2D eigenvalue weighted by molar-refractivity contribution is 5.91. The van der Waals surface area contributed by atoms with Crippen LogP contribution < -0.4 is 0 Å². The number of carbonyl (C=O) groups is 2. The van der Waals surface area contributed by atoms with Gasteiger partial charge in [0.15, 0.2) is 0 Å². The molecule has 5 nitrogen and oxygen atoms in total. The van der Waals surface area contributed by atoms with E-state index in [9.17, 15) is 9.59 Å². The van der Waals surface area contributed by atoms with Crippen LogP contribution in [0, 0.1) is 5.41 Å². The minimum absolute atomic E-state index is 0.406. The van der Waals surface area contributed by atoms with Crippen LogP contribution in [-0.2, 0) is 14.3 Å². The molecule has 0 bridgehead atoms. The van der Waals surface area contributed by atoms with Crippen LogP contribution in [0.5, 0.6) is 0 Å². The first-order chi connectivity index (χ1) is 8.57. The monoisotopic (exact) mass is 267 g/mol. The van der Waals surface area contributed by atoms with Gasteiger partial charge in [0.1, 0.15) is 5.60 Å². The lowest BCUT2D eigenvalue weighted by molar-refractivity contribution is -0.137. The van der Waals surface area contributed by atoms with Gasteiger partial charge in [0.25, 0.3) is 0 Å². The summed E-state index contributed by atoms with van der Waals surface area (Å²) in [6.07, 6.45) is 4.30. The van der Waals surface area contributed by atoms with E-state index in [-0.39, 0.29) is 0 Å². The first kappa shape index (κ1) is 15.3. The summed E-state index contributed by atoms with van der Waals surface area (Å²) in [7, 11) is 1.31. The summed E-state index contributed by atoms with van der Waals surface area (Å²) in [5, 5.41) is 0. The van der Waals surface area contributed by atoms with Crippen molar-refractivity contribution in [1.82, 2.24) is 4.90 Å². The van der Waals surface area contributed by atoms with Gasteiger partial charge >= 0.3 is 12.1 Å². The van der Waals surface area contributed by atoms with Crippen molar-refractivity contribution < 1.29 is 19.1 Å². The number of amides is 1. The number of esters is 1. The molecule has 0 fully saturated rings.